The van der Waals surface area contributed by atoms with E-state index >= 15 is 0 Å². The summed E-state index contributed by atoms with van der Waals surface area (Å²) in [7, 11) is 0. The molecule has 0 aliphatic rings. The molecule has 0 saturated carbocycles. The first-order valence-electron chi connectivity index (χ1n) is 15.8. The van der Waals surface area contributed by atoms with E-state index in [2.05, 4.69) is 13.8 Å². The maximum Gasteiger partial charge on any atom is 0.332 e. The van der Waals surface area contributed by atoms with Gasteiger partial charge in [-0.2, -0.15) is 0 Å². The van der Waals surface area contributed by atoms with Crippen LogP contribution in [0, 0.1) is 0 Å². The molecular weight excluding hydrogens is 512 g/mol. The fourth-order valence-corrected chi connectivity index (χ4v) is 6.02. The van der Waals surface area contributed by atoms with Gasteiger partial charge in [-0.25, -0.2) is 9.59 Å². The minimum atomic E-state index is -0.490. The average Bonchev–Trinajstić information content (AvgIpc) is 2.89. The largest absolute Gasteiger partial charge is 0.448 e. The molecule has 6 heteroatoms. The lowest BCUT2D eigenvalue weighted by Gasteiger charge is -2.12. The van der Waals surface area contributed by atoms with Crippen LogP contribution in [0.25, 0.3) is 0 Å². The van der Waals surface area contributed by atoms with E-state index in [4.69, 9.17) is 9.47 Å². The van der Waals surface area contributed by atoms with Crippen molar-refractivity contribution in [2.45, 2.75) is 167 Å². The van der Waals surface area contributed by atoms with Gasteiger partial charge in [0.15, 0.2) is 0 Å². The maximum atomic E-state index is 12.0. The Bertz CT molecular complexity index is 520. The van der Waals surface area contributed by atoms with Crippen molar-refractivity contribution in [1.29, 1.82) is 0 Å². The number of hydrogen-bond acceptors (Lipinski definition) is 6. The smallest absolute Gasteiger partial charge is 0.332 e. The molecule has 0 aromatic carbocycles. The molecular formula is C32H60O4S2. The molecule has 2 unspecified atom stereocenters. The fourth-order valence-electron chi connectivity index (χ4n) is 4.29. The summed E-state index contributed by atoms with van der Waals surface area (Å²) in [5.74, 6) is 1.00. The molecule has 0 aromatic heterocycles. The standard InChI is InChI=1S/C32H60O4S2/c1-5-7-9-11-13-15-17-19-21-23-27-37-29(3)35-31(33)25-26-32(34)36-30(4)38-28-24-22-20-18-16-14-12-10-8-6-2/h25-26,29-30H,5-24,27-28H2,1-4H3. The third-order valence-electron chi connectivity index (χ3n) is 6.62. The molecule has 0 amide bonds. The third-order valence-corrected chi connectivity index (χ3v) is 8.80. The van der Waals surface area contributed by atoms with Crippen molar-refractivity contribution in [3.63, 3.8) is 0 Å². The molecule has 0 N–H and O–H groups in total. The summed E-state index contributed by atoms with van der Waals surface area (Å²) in [5, 5.41) is 0. The van der Waals surface area contributed by atoms with Crippen molar-refractivity contribution in [2.24, 2.45) is 0 Å². The molecule has 0 rings (SSSR count). The van der Waals surface area contributed by atoms with Crippen molar-refractivity contribution in [3.8, 4) is 0 Å². The Balaban J connectivity index is 3.64. The second-order valence-electron chi connectivity index (χ2n) is 10.4. The van der Waals surface area contributed by atoms with E-state index in [1.165, 1.54) is 128 Å². The molecule has 0 aliphatic carbocycles. The van der Waals surface area contributed by atoms with Gasteiger partial charge in [-0.15, -0.1) is 23.5 Å². The van der Waals surface area contributed by atoms with Crippen molar-refractivity contribution in [2.75, 3.05) is 11.5 Å². The first-order valence-corrected chi connectivity index (χ1v) is 17.9. The Kier molecular flexibility index (Phi) is 28.9. The molecule has 224 valence electrons. The summed E-state index contributed by atoms with van der Waals surface area (Å²) in [4.78, 5) is 24.0. The van der Waals surface area contributed by atoms with Crippen LogP contribution >= 0.6 is 23.5 Å². The molecule has 0 spiro atoms. The predicted molar refractivity (Wildman–Crippen MR) is 169 cm³/mol. The number of thioether (sulfide) groups is 2. The molecule has 4 nitrogen and oxygen atoms in total. The maximum absolute atomic E-state index is 12.0. The topological polar surface area (TPSA) is 52.6 Å². The Labute approximate surface area is 244 Å². The number of ether oxygens (including phenoxy) is 2. The summed E-state index contributed by atoms with van der Waals surface area (Å²) in [6.45, 7) is 8.29. The van der Waals surface area contributed by atoms with Crippen LogP contribution in [0.3, 0.4) is 0 Å². The van der Waals surface area contributed by atoms with E-state index in [1.54, 1.807) is 23.5 Å². The van der Waals surface area contributed by atoms with Crippen LogP contribution < -0.4 is 0 Å². The summed E-state index contributed by atoms with van der Waals surface area (Å²) in [5.41, 5.74) is -0.422. The molecule has 0 heterocycles. The zero-order valence-electron chi connectivity index (χ0n) is 25.3. The van der Waals surface area contributed by atoms with Crippen LogP contribution in [0.1, 0.15) is 156 Å². The Morgan fingerprint density at radius 2 is 0.763 bits per heavy atom. The Morgan fingerprint density at radius 3 is 1.05 bits per heavy atom. The molecule has 0 saturated heterocycles. The van der Waals surface area contributed by atoms with Gasteiger partial charge in [-0.05, 0) is 38.2 Å². The summed E-state index contributed by atoms with van der Waals surface area (Å²) >= 11 is 3.30. The number of carbonyl (C=O) groups excluding carboxylic acids is 2. The van der Waals surface area contributed by atoms with E-state index in [0.29, 0.717) is 0 Å². The molecule has 0 radical (unpaired) electrons. The molecule has 0 bridgehead atoms. The number of rotatable bonds is 28. The zero-order valence-corrected chi connectivity index (χ0v) is 26.9. The SMILES string of the molecule is CCCCCCCCCCCCSC(C)OC(=O)C=CC(=O)OC(C)SCCCCCCCCCCCC. The van der Waals surface area contributed by atoms with Gasteiger partial charge in [0.1, 0.15) is 10.9 Å². The van der Waals surface area contributed by atoms with Crippen LogP contribution in [0.15, 0.2) is 12.2 Å². The van der Waals surface area contributed by atoms with Crippen LogP contribution in [-0.2, 0) is 19.1 Å². The van der Waals surface area contributed by atoms with E-state index in [-0.39, 0.29) is 10.9 Å². The van der Waals surface area contributed by atoms with Gasteiger partial charge >= 0.3 is 11.9 Å². The summed E-state index contributed by atoms with van der Waals surface area (Å²) < 4.78 is 10.7. The third kappa shape index (κ3) is 28.4. The summed E-state index contributed by atoms with van der Waals surface area (Å²) in [6.07, 6.45) is 28.8. The van der Waals surface area contributed by atoms with Crippen molar-refractivity contribution < 1.29 is 19.1 Å². The quantitative estimate of drug-likeness (QED) is 0.0402. The van der Waals surface area contributed by atoms with Gasteiger partial charge in [-0.3, -0.25) is 0 Å². The predicted octanol–water partition coefficient (Wildman–Crippen LogP) is 10.6. The van der Waals surface area contributed by atoms with E-state index < -0.39 is 11.9 Å². The van der Waals surface area contributed by atoms with Gasteiger partial charge < -0.3 is 9.47 Å². The van der Waals surface area contributed by atoms with Crippen LogP contribution in [-0.4, -0.2) is 34.3 Å². The first kappa shape index (κ1) is 37.4. The lowest BCUT2D eigenvalue weighted by Crippen LogP contribution is -2.12. The van der Waals surface area contributed by atoms with E-state index in [0.717, 1.165) is 24.3 Å². The van der Waals surface area contributed by atoms with Gasteiger partial charge in [-0.1, -0.05) is 129 Å². The highest BCUT2D eigenvalue weighted by Gasteiger charge is 2.10. The first-order chi connectivity index (χ1) is 18.5. The Hall–Kier alpha value is -0.620. The number of unbranched alkanes of at least 4 members (excludes halogenated alkanes) is 18. The minimum absolute atomic E-state index is 0.211. The van der Waals surface area contributed by atoms with Crippen molar-refractivity contribution >= 4 is 35.5 Å². The minimum Gasteiger partial charge on any atom is -0.448 e. The Morgan fingerprint density at radius 1 is 0.500 bits per heavy atom. The van der Waals surface area contributed by atoms with Gasteiger partial charge in [0, 0.05) is 12.2 Å². The fraction of sp³-hybridized carbons (Fsp3) is 0.875. The van der Waals surface area contributed by atoms with Crippen LogP contribution in [0.2, 0.25) is 0 Å². The molecule has 2 atom stereocenters. The number of carbonyl (C=O) groups is 2. The second kappa shape index (κ2) is 29.4. The zero-order chi connectivity index (χ0) is 28.1. The van der Waals surface area contributed by atoms with E-state index in [1.807, 2.05) is 13.8 Å². The molecule has 0 aromatic rings. The van der Waals surface area contributed by atoms with Gasteiger partial charge in [0.05, 0.1) is 0 Å². The molecule has 0 fully saturated rings. The number of esters is 2. The van der Waals surface area contributed by atoms with Crippen LogP contribution in [0.4, 0.5) is 0 Å². The number of hydrogen-bond donors (Lipinski definition) is 0. The summed E-state index contributed by atoms with van der Waals surface area (Å²) in [6, 6.07) is 0. The highest BCUT2D eigenvalue weighted by atomic mass is 32.2. The van der Waals surface area contributed by atoms with Gasteiger partial charge in [0.25, 0.3) is 0 Å². The van der Waals surface area contributed by atoms with Crippen molar-refractivity contribution in [3.05, 3.63) is 12.2 Å². The van der Waals surface area contributed by atoms with E-state index in [9.17, 15) is 9.59 Å². The van der Waals surface area contributed by atoms with Gasteiger partial charge in [0.2, 0.25) is 0 Å². The molecule has 0 aliphatic heterocycles. The lowest BCUT2D eigenvalue weighted by molar-refractivity contribution is -0.141. The van der Waals surface area contributed by atoms with Crippen molar-refractivity contribution in [1.82, 2.24) is 0 Å². The normalized spacial score (nSPS) is 13.1. The molecule has 38 heavy (non-hydrogen) atoms. The highest BCUT2D eigenvalue weighted by Crippen LogP contribution is 2.18. The van der Waals surface area contributed by atoms with Crippen LogP contribution in [0.5, 0.6) is 0 Å². The lowest BCUT2D eigenvalue weighted by atomic mass is 10.1. The highest BCUT2D eigenvalue weighted by molar-refractivity contribution is 7.99. The average molecular weight is 573 g/mol. The monoisotopic (exact) mass is 572 g/mol. The second-order valence-corrected chi connectivity index (χ2v) is 13.3.